The Morgan fingerprint density at radius 3 is 2.14 bits per heavy atom. The van der Waals surface area contributed by atoms with Crippen LogP contribution >= 0.6 is 0 Å². The number of carboxylic acid groups (broad SMARTS) is 2. The summed E-state index contributed by atoms with van der Waals surface area (Å²) in [6, 6.07) is 1.12. The number of aromatic nitrogens is 2. The third-order valence-electron chi connectivity index (χ3n) is 1.07. The van der Waals surface area contributed by atoms with E-state index in [0.717, 1.165) is 12.3 Å². The molecule has 14 heavy (non-hydrogen) atoms. The minimum absolute atomic E-state index is 0. The second-order valence-electron chi connectivity index (χ2n) is 1.88. The van der Waals surface area contributed by atoms with Crippen molar-refractivity contribution in [2.75, 3.05) is 0 Å². The zero-order chi connectivity index (χ0) is 9.14. The van der Waals surface area contributed by atoms with Crippen molar-refractivity contribution in [2.24, 2.45) is 0 Å². The minimum Gasteiger partial charge on any atom is -0.477 e. The highest BCUT2D eigenvalue weighted by atomic mass is 19.0. The molecule has 0 aliphatic carbocycles. The molecule has 2 N–H and O–H groups in total. The summed E-state index contributed by atoms with van der Waals surface area (Å²) in [5.74, 6) is -3.15. The molecule has 8 heteroatoms. The van der Waals surface area contributed by atoms with Crippen LogP contribution in [-0.4, -0.2) is 32.1 Å². The van der Waals surface area contributed by atoms with Gasteiger partial charge in [0.25, 0.3) is 0 Å². The summed E-state index contributed by atoms with van der Waals surface area (Å²) in [7, 11) is 0. The number of hydrogen-bond acceptors (Lipinski definition) is 4. The second-order valence-corrected chi connectivity index (χ2v) is 1.88. The fraction of sp³-hybridized carbons (Fsp3) is 0. The molecule has 6 nitrogen and oxygen atoms in total. The van der Waals surface area contributed by atoms with Crippen molar-refractivity contribution < 1.29 is 29.2 Å². The molecule has 0 aromatic carbocycles. The average molecular weight is 208 g/mol. The normalized spacial score (nSPS) is 8.00. The summed E-state index contributed by atoms with van der Waals surface area (Å²) in [6.45, 7) is 0. The van der Waals surface area contributed by atoms with Gasteiger partial charge >= 0.3 is 11.9 Å². The molecule has 0 saturated carbocycles. The molecule has 1 rings (SSSR count). The van der Waals surface area contributed by atoms with Gasteiger partial charge in [0, 0.05) is 6.20 Å². The molecule has 0 fully saturated rings. The van der Waals surface area contributed by atoms with Crippen LogP contribution in [0.3, 0.4) is 0 Å². The SMILES string of the molecule is F.F.O=C(O)c1ccnc(C(=O)O)n1. The molecule has 0 aliphatic heterocycles. The maximum absolute atomic E-state index is 10.3. The highest BCUT2D eigenvalue weighted by Gasteiger charge is 2.10. The Morgan fingerprint density at radius 2 is 1.71 bits per heavy atom. The Balaban J connectivity index is 0. The fourth-order valence-corrected chi connectivity index (χ4v) is 0.581. The Labute approximate surface area is 76.0 Å². The summed E-state index contributed by atoms with van der Waals surface area (Å²) in [5.41, 5.74) is -0.331. The van der Waals surface area contributed by atoms with Gasteiger partial charge in [-0.2, -0.15) is 0 Å². The molecular formula is C6H6F2N2O4. The van der Waals surface area contributed by atoms with Gasteiger partial charge in [0.05, 0.1) is 0 Å². The van der Waals surface area contributed by atoms with E-state index < -0.39 is 17.8 Å². The molecule has 1 aromatic heterocycles. The van der Waals surface area contributed by atoms with E-state index in [1.54, 1.807) is 0 Å². The lowest BCUT2D eigenvalue weighted by Crippen LogP contribution is -2.08. The monoisotopic (exact) mass is 208 g/mol. The zero-order valence-electron chi connectivity index (χ0n) is 6.58. The van der Waals surface area contributed by atoms with E-state index in [2.05, 4.69) is 9.97 Å². The minimum atomic E-state index is -1.35. The summed E-state index contributed by atoms with van der Waals surface area (Å²) in [6.07, 6.45) is 1.08. The van der Waals surface area contributed by atoms with Crippen LogP contribution in [-0.2, 0) is 0 Å². The van der Waals surface area contributed by atoms with Crippen LogP contribution in [0.25, 0.3) is 0 Å². The standard InChI is InChI=1S/C6H4N2O4.2FH/c9-5(10)3-1-2-7-4(8-3)6(11)12;;/h1-2H,(H,9,10)(H,11,12);2*1H. The van der Waals surface area contributed by atoms with E-state index in [9.17, 15) is 9.59 Å². The van der Waals surface area contributed by atoms with Crippen LogP contribution in [0.4, 0.5) is 9.41 Å². The molecule has 0 unspecified atom stereocenters. The van der Waals surface area contributed by atoms with Crippen LogP contribution in [0.1, 0.15) is 21.1 Å². The van der Waals surface area contributed by atoms with Crippen LogP contribution in [0, 0.1) is 0 Å². The zero-order valence-corrected chi connectivity index (χ0v) is 6.58. The van der Waals surface area contributed by atoms with Gasteiger partial charge in [0.15, 0.2) is 5.69 Å². The lowest BCUT2D eigenvalue weighted by Gasteiger charge is -1.93. The molecule has 0 atom stereocenters. The van der Waals surface area contributed by atoms with E-state index >= 15 is 0 Å². The number of nitrogens with zero attached hydrogens (tertiary/aromatic N) is 2. The van der Waals surface area contributed by atoms with Gasteiger partial charge in [-0.15, -0.1) is 0 Å². The van der Waals surface area contributed by atoms with Crippen LogP contribution in [0.5, 0.6) is 0 Å². The molecule has 0 bridgehead atoms. The number of aromatic carboxylic acids is 2. The summed E-state index contributed by atoms with van der Waals surface area (Å²) < 4.78 is 0. The lowest BCUT2D eigenvalue weighted by atomic mass is 10.4. The number of halogens is 2. The van der Waals surface area contributed by atoms with Crippen LogP contribution in [0.15, 0.2) is 12.3 Å². The Morgan fingerprint density at radius 1 is 1.14 bits per heavy atom. The van der Waals surface area contributed by atoms with Crippen molar-refractivity contribution in [2.45, 2.75) is 0 Å². The maximum Gasteiger partial charge on any atom is 0.373 e. The first-order valence-electron chi connectivity index (χ1n) is 2.91. The smallest absolute Gasteiger partial charge is 0.373 e. The van der Waals surface area contributed by atoms with Crippen molar-refractivity contribution in [1.82, 2.24) is 9.97 Å². The van der Waals surface area contributed by atoms with Gasteiger partial charge < -0.3 is 10.2 Å². The molecule has 0 aliphatic rings. The average Bonchev–Trinajstić information content (AvgIpc) is 2.04. The molecular weight excluding hydrogens is 202 g/mol. The van der Waals surface area contributed by atoms with E-state index in [1.807, 2.05) is 0 Å². The number of carbonyl (C=O) groups is 2. The third kappa shape index (κ3) is 3.09. The highest BCUT2D eigenvalue weighted by Crippen LogP contribution is 1.94. The Bertz CT molecular complexity index is 315. The van der Waals surface area contributed by atoms with Crippen molar-refractivity contribution in [3.8, 4) is 0 Å². The summed E-state index contributed by atoms with van der Waals surface area (Å²) in [4.78, 5) is 27.2. The van der Waals surface area contributed by atoms with Crippen molar-refractivity contribution >= 4 is 11.9 Å². The first kappa shape index (κ1) is 14.4. The lowest BCUT2D eigenvalue weighted by molar-refractivity contribution is 0.0679. The van der Waals surface area contributed by atoms with E-state index in [-0.39, 0.29) is 15.1 Å². The van der Waals surface area contributed by atoms with Crippen molar-refractivity contribution in [1.29, 1.82) is 0 Å². The van der Waals surface area contributed by atoms with Gasteiger partial charge in [-0.3, -0.25) is 9.41 Å². The van der Waals surface area contributed by atoms with E-state index in [4.69, 9.17) is 10.2 Å². The summed E-state index contributed by atoms with van der Waals surface area (Å²) in [5, 5.41) is 16.8. The quantitative estimate of drug-likeness (QED) is 0.718. The summed E-state index contributed by atoms with van der Waals surface area (Å²) >= 11 is 0. The van der Waals surface area contributed by atoms with Crippen LogP contribution < -0.4 is 0 Å². The van der Waals surface area contributed by atoms with Gasteiger partial charge in [0.2, 0.25) is 5.82 Å². The van der Waals surface area contributed by atoms with E-state index in [0.29, 0.717) is 0 Å². The second kappa shape index (κ2) is 5.51. The fourth-order valence-electron chi connectivity index (χ4n) is 0.581. The number of carboxylic acids is 2. The van der Waals surface area contributed by atoms with Gasteiger partial charge in [0.1, 0.15) is 0 Å². The molecule has 0 saturated heterocycles. The molecule has 0 amide bonds. The molecule has 78 valence electrons. The molecule has 1 aromatic rings. The predicted octanol–water partition coefficient (Wildman–Crippen LogP) is 0.178. The van der Waals surface area contributed by atoms with E-state index in [1.165, 1.54) is 0 Å². The first-order chi connectivity index (χ1) is 5.61. The highest BCUT2D eigenvalue weighted by molar-refractivity contribution is 5.88. The predicted molar refractivity (Wildman–Crippen MR) is 41.0 cm³/mol. The first-order valence-corrected chi connectivity index (χ1v) is 2.91. The maximum atomic E-state index is 10.3. The largest absolute Gasteiger partial charge is 0.477 e. The topological polar surface area (TPSA) is 100 Å². The molecule has 0 spiro atoms. The van der Waals surface area contributed by atoms with Gasteiger partial charge in [-0.25, -0.2) is 19.6 Å². The molecule has 0 radical (unpaired) electrons. The Kier molecular flexibility index (Phi) is 5.67. The number of rotatable bonds is 2. The van der Waals surface area contributed by atoms with Crippen molar-refractivity contribution in [3.05, 3.63) is 23.8 Å². The van der Waals surface area contributed by atoms with Gasteiger partial charge in [-0.1, -0.05) is 0 Å². The van der Waals surface area contributed by atoms with Gasteiger partial charge in [-0.05, 0) is 6.07 Å². The number of hydrogen-bond donors (Lipinski definition) is 2. The van der Waals surface area contributed by atoms with Crippen LogP contribution in [0.2, 0.25) is 0 Å². The third-order valence-corrected chi connectivity index (χ3v) is 1.07. The molecule has 1 heterocycles. The van der Waals surface area contributed by atoms with Crippen molar-refractivity contribution in [3.63, 3.8) is 0 Å². The Hall–Kier alpha value is -2.12.